The molecule has 0 unspecified atom stereocenters. The van der Waals surface area contributed by atoms with Gasteiger partial charge in [-0.25, -0.2) is 13.8 Å². The molecule has 0 heterocycles. The van der Waals surface area contributed by atoms with Crippen molar-refractivity contribution in [3.63, 3.8) is 0 Å². The van der Waals surface area contributed by atoms with Gasteiger partial charge in [-0.1, -0.05) is 6.92 Å². The quantitative estimate of drug-likeness (QED) is 0.337. The van der Waals surface area contributed by atoms with Gasteiger partial charge in [0.15, 0.2) is 11.5 Å². The van der Waals surface area contributed by atoms with E-state index in [0.717, 1.165) is 17.0 Å². The molecule has 0 spiro atoms. The van der Waals surface area contributed by atoms with Gasteiger partial charge in [-0.15, -0.1) is 0 Å². The lowest BCUT2D eigenvalue weighted by atomic mass is 10.2. The second kappa shape index (κ2) is 12.7. The number of anilines is 1. The number of amides is 1. The molecule has 0 saturated heterocycles. The minimum absolute atomic E-state index is 0.203. The first-order valence-electron chi connectivity index (χ1n) is 10.6. The highest BCUT2D eigenvalue weighted by atomic mass is 32.2. The number of rotatable bonds is 13. The van der Waals surface area contributed by atoms with Crippen LogP contribution in [0.5, 0.6) is 23.0 Å². The van der Waals surface area contributed by atoms with Gasteiger partial charge in [0.05, 0.1) is 45.6 Å². The van der Waals surface area contributed by atoms with Crippen LogP contribution < -0.4 is 28.7 Å². The number of nitrogens with zero attached hydrogens (tertiary/aromatic N) is 2. The third-order valence-electron chi connectivity index (χ3n) is 4.48. The van der Waals surface area contributed by atoms with Crippen LogP contribution in [0.4, 0.5) is 5.69 Å². The van der Waals surface area contributed by atoms with E-state index in [9.17, 15) is 13.2 Å². The third-order valence-corrected chi connectivity index (χ3v) is 5.60. The fraction of sp³-hybridized carbons (Fsp3) is 0.391. The summed E-state index contributed by atoms with van der Waals surface area (Å²) in [4.78, 5) is 12.5. The Balaban J connectivity index is 2.15. The molecule has 10 nitrogen and oxygen atoms in total. The normalized spacial score (nSPS) is 11.2. The first-order valence-corrected chi connectivity index (χ1v) is 12.5. The summed E-state index contributed by atoms with van der Waals surface area (Å²) in [6, 6.07) is 9.91. The molecule has 2 aromatic rings. The second-order valence-corrected chi connectivity index (χ2v) is 9.00. The van der Waals surface area contributed by atoms with Gasteiger partial charge in [0.25, 0.3) is 5.91 Å². The molecular formula is C23H31N3O7S. The fourth-order valence-electron chi connectivity index (χ4n) is 2.92. The van der Waals surface area contributed by atoms with Gasteiger partial charge in [-0.3, -0.25) is 9.10 Å². The lowest BCUT2D eigenvalue weighted by Gasteiger charge is -2.23. The minimum Gasteiger partial charge on any atom is -0.497 e. The van der Waals surface area contributed by atoms with E-state index >= 15 is 0 Å². The monoisotopic (exact) mass is 493 g/mol. The number of sulfonamides is 1. The van der Waals surface area contributed by atoms with Crippen molar-refractivity contribution in [1.82, 2.24) is 5.43 Å². The number of nitrogens with one attached hydrogen (secondary N) is 1. The zero-order valence-electron chi connectivity index (χ0n) is 20.0. The highest BCUT2D eigenvalue weighted by Gasteiger charge is 2.24. The number of hydrogen-bond acceptors (Lipinski definition) is 8. The molecule has 2 aromatic carbocycles. The Kier molecular flexibility index (Phi) is 9.99. The van der Waals surface area contributed by atoms with Crippen molar-refractivity contribution in [3.8, 4) is 23.0 Å². The summed E-state index contributed by atoms with van der Waals surface area (Å²) in [5.74, 6) is 1.30. The van der Waals surface area contributed by atoms with Gasteiger partial charge in [-0.05, 0) is 49.2 Å². The Morgan fingerprint density at radius 1 is 1.03 bits per heavy atom. The molecule has 0 aliphatic carbocycles. The van der Waals surface area contributed by atoms with Crippen molar-refractivity contribution in [2.45, 2.75) is 20.3 Å². The maximum Gasteiger partial charge on any atom is 0.260 e. The third kappa shape index (κ3) is 7.55. The van der Waals surface area contributed by atoms with E-state index in [1.54, 1.807) is 24.3 Å². The summed E-state index contributed by atoms with van der Waals surface area (Å²) in [7, 11) is -0.913. The molecule has 0 aromatic heterocycles. The predicted molar refractivity (Wildman–Crippen MR) is 131 cm³/mol. The molecule has 0 atom stereocenters. The van der Waals surface area contributed by atoms with Crippen molar-refractivity contribution in [3.05, 3.63) is 42.0 Å². The van der Waals surface area contributed by atoms with Gasteiger partial charge < -0.3 is 18.9 Å². The van der Waals surface area contributed by atoms with Crippen LogP contribution in [0.3, 0.4) is 0 Å². The Morgan fingerprint density at radius 2 is 1.79 bits per heavy atom. The number of carbonyl (C=O) groups excluding carboxylic acids is 1. The minimum atomic E-state index is -3.80. The van der Waals surface area contributed by atoms with E-state index in [0.29, 0.717) is 36.0 Å². The largest absolute Gasteiger partial charge is 0.497 e. The molecule has 11 heteroatoms. The Morgan fingerprint density at radius 3 is 2.41 bits per heavy atom. The zero-order valence-corrected chi connectivity index (χ0v) is 20.8. The number of methoxy groups -OCH3 is 2. The van der Waals surface area contributed by atoms with E-state index in [4.69, 9.17) is 18.9 Å². The van der Waals surface area contributed by atoms with E-state index in [-0.39, 0.29) is 11.4 Å². The topological polar surface area (TPSA) is 116 Å². The predicted octanol–water partition coefficient (Wildman–Crippen LogP) is 2.81. The molecule has 34 heavy (non-hydrogen) atoms. The summed E-state index contributed by atoms with van der Waals surface area (Å²) in [5, 5.41) is 3.94. The molecule has 0 saturated carbocycles. The van der Waals surface area contributed by atoms with E-state index in [2.05, 4.69) is 10.5 Å². The summed E-state index contributed by atoms with van der Waals surface area (Å²) in [5.41, 5.74) is 3.22. The first kappa shape index (κ1) is 26.8. The molecule has 1 amide bonds. The molecule has 1 N–H and O–H groups in total. The maximum absolute atomic E-state index is 12.5. The van der Waals surface area contributed by atoms with Crippen LogP contribution in [0.15, 0.2) is 41.5 Å². The number of hydrogen-bond donors (Lipinski definition) is 1. The van der Waals surface area contributed by atoms with Crippen LogP contribution in [0, 0.1) is 0 Å². The van der Waals surface area contributed by atoms with E-state index in [1.807, 2.05) is 13.8 Å². The number of hydrazone groups is 1. The molecule has 0 bridgehead atoms. The Hall–Kier alpha value is -3.47. The van der Waals surface area contributed by atoms with Crippen molar-refractivity contribution in [2.24, 2.45) is 5.10 Å². The standard InChI is InChI=1S/C23H31N3O7S/c1-6-12-33-20-11-8-17(13-22(20)32-7-2)15-24-25-23(27)16-26(34(5,28)29)19-10-9-18(30-3)14-21(19)31-4/h8-11,13-15H,6-7,12,16H2,1-5H3,(H,25,27)/b24-15-. The number of carbonyl (C=O) groups is 1. The summed E-state index contributed by atoms with van der Waals surface area (Å²) < 4.78 is 47.4. The fourth-order valence-corrected chi connectivity index (χ4v) is 3.78. The molecule has 0 radical (unpaired) electrons. The van der Waals surface area contributed by atoms with Crippen molar-refractivity contribution in [2.75, 3.05) is 44.5 Å². The van der Waals surface area contributed by atoms with Gasteiger partial charge in [0.2, 0.25) is 10.0 Å². The molecule has 0 fully saturated rings. The second-order valence-electron chi connectivity index (χ2n) is 7.09. The van der Waals surface area contributed by atoms with Crippen LogP contribution in [0.2, 0.25) is 0 Å². The smallest absolute Gasteiger partial charge is 0.260 e. The van der Waals surface area contributed by atoms with Crippen molar-refractivity contribution >= 4 is 27.8 Å². The van der Waals surface area contributed by atoms with Gasteiger partial charge in [0.1, 0.15) is 18.0 Å². The van der Waals surface area contributed by atoms with Crippen LogP contribution in [-0.2, 0) is 14.8 Å². The maximum atomic E-state index is 12.5. The summed E-state index contributed by atoms with van der Waals surface area (Å²) in [6.45, 7) is 4.43. The molecular weight excluding hydrogens is 462 g/mol. The average molecular weight is 494 g/mol. The molecule has 186 valence electrons. The highest BCUT2D eigenvalue weighted by molar-refractivity contribution is 7.92. The van der Waals surface area contributed by atoms with Gasteiger partial charge in [-0.2, -0.15) is 5.10 Å². The zero-order chi connectivity index (χ0) is 25.1. The van der Waals surface area contributed by atoms with E-state index < -0.39 is 22.5 Å². The van der Waals surface area contributed by atoms with Crippen LogP contribution in [-0.4, -0.2) is 60.8 Å². The number of benzene rings is 2. The summed E-state index contributed by atoms with van der Waals surface area (Å²) in [6.07, 6.45) is 3.31. The van der Waals surface area contributed by atoms with Crippen molar-refractivity contribution in [1.29, 1.82) is 0 Å². The lowest BCUT2D eigenvalue weighted by molar-refractivity contribution is -0.119. The molecule has 0 aliphatic rings. The SMILES string of the molecule is CCCOc1ccc(/C=N\NC(=O)CN(c2ccc(OC)cc2OC)S(C)(=O)=O)cc1OCC. The van der Waals surface area contributed by atoms with Gasteiger partial charge >= 0.3 is 0 Å². The summed E-state index contributed by atoms with van der Waals surface area (Å²) >= 11 is 0. The van der Waals surface area contributed by atoms with Crippen LogP contribution in [0.25, 0.3) is 0 Å². The Labute approximate surface area is 200 Å². The highest BCUT2D eigenvalue weighted by Crippen LogP contribution is 2.33. The molecule has 2 rings (SSSR count). The average Bonchev–Trinajstić information content (AvgIpc) is 2.81. The lowest BCUT2D eigenvalue weighted by Crippen LogP contribution is -2.39. The number of ether oxygens (including phenoxy) is 4. The first-order chi connectivity index (χ1) is 16.2. The Bertz CT molecular complexity index is 1100. The van der Waals surface area contributed by atoms with Gasteiger partial charge in [0, 0.05) is 6.07 Å². The van der Waals surface area contributed by atoms with Crippen LogP contribution in [0.1, 0.15) is 25.8 Å². The van der Waals surface area contributed by atoms with Crippen LogP contribution >= 0.6 is 0 Å². The van der Waals surface area contributed by atoms with Crippen molar-refractivity contribution < 1.29 is 32.2 Å². The molecule has 0 aliphatic heterocycles. The van der Waals surface area contributed by atoms with E-state index in [1.165, 1.54) is 32.6 Å².